The Balaban J connectivity index is 2.10. The molecule has 1 aliphatic rings. The Hall–Kier alpha value is -1.10. The summed E-state index contributed by atoms with van der Waals surface area (Å²) < 4.78 is 5.83. The first-order chi connectivity index (χ1) is 8.90. The number of hydrogen-bond donors (Lipinski definition) is 3. The van der Waals surface area contributed by atoms with Gasteiger partial charge >= 0.3 is 0 Å². The van der Waals surface area contributed by atoms with E-state index in [1.165, 1.54) is 5.56 Å². The highest BCUT2D eigenvalue weighted by molar-refractivity contribution is 5.30. The first kappa shape index (κ1) is 14.3. The third kappa shape index (κ3) is 3.47. The molecule has 1 aliphatic heterocycles. The molecule has 0 saturated carbocycles. The maximum atomic E-state index is 5.86. The van der Waals surface area contributed by atoms with Crippen LogP contribution in [0.1, 0.15) is 39.3 Å². The second-order valence-corrected chi connectivity index (χ2v) is 6.24. The van der Waals surface area contributed by atoms with E-state index in [0.29, 0.717) is 18.5 Å². The summed E-state index contributed by atoms with van der Waals surface area (Å²) in [6, 6.07) is 8.93. The smallest absolute Gasteiger partial charge is 0.120 e. The molecule has 19 heavy (non-hydrogen) atoms. The zero-order chi connectivity index (χ0) is 14.0. The normalized spacial score (nSPS) is 27.5. The highest BCUT2D eigenvalue weighted by Gasteiger charge is 2.32. The molecule has 2 rings (SSSR count). The zero-order valence-corrected chi connectivity index (χ0v) is 12.2. The lowest BCUT2D eigenvalue weighted by atomic mass is 9.90. The first-order valence-electron chi connectivity index (χ1n) is 6.91. The minimum absolute atomic E-state index is 0.164. The van der Waals surface area contributed by atoms with E-state index in [4.69, 9.17) is 10.5 Å². The first-order valence-corrected chi connectivity index (χ1v) is 6.91. The Morgan fingerprint density at radius 2 is 1.79 bits per heavy atom. The van der Waals surface area contributed by atoms with Crippen LogP contribution in [0.25, 0.3) is 0 Å². The van der Waals surface area contributed by atoms with Gasteiger partial charge in [0.15, 0.2) is 0 Å². The van der Waals surface area contributed by atoms with Crippen LogP contribution in [0.2, 0.25) is 0 Å². The van der Waals surface area contributed by atoms with Crippen LogP contribution in [0.15, 0.2) is 24.3 Å². The average molecular weight is 263 g/mol. The van der Waals surface area contributed by atoms with Crippen molar-refractivity contribution in [1.82, 2.24) is 10.9 Å². The lowest BCUT2D eigenvalue weighted by molar-refractivity contribution is 0.131. The molecule has 4 N–H and O–H groups in total. The quantitative estimate of drug-likeness (QED) is 0.780. The van der Waals surface area contributed by atoms with E-state index in [0.717, 1.165) is 5.75 Å². The Bertz CT molecular complexity index is 410. The van der Waals surface area contributed by atoms with Crippen LogP contribution in [0.3, 0.4) is 0 Å². The molecule has 1 fully saturated rings. The standard InChI is InChI=1S/C15H25N3O/c1-10-13(9-16)14(18-17-10)11-5-7-12(8-6-11)19-15(2,3)4/h5-8,10,13-14,17-18H,9,16H2,1-4H3. The van der Waals surface area contributed by atoms with Crippen LogP contribution in [0.4, 0.5) is 0 Å². The Labute approximate surface area is 115 Å². The lowest BCUT2D eigenvalue weighted by Gasteiger charge is -2.23. The second-order valence-electron chi connectivity index (χ2n) is 6.24. The summed E-state index contributed by atoms with van der Waals surface area (Å²) in [5.41, 5.74) is 13.5. The molecule has 0 spiro atoms. The number of rotatable bonds is 3. The molecule has 0 bridgehead atoms. The predicted octanol–water partition coefficient (Wildman–Crippen LogP) is 1.98. The van der Waals surface area contributed by atoms with E-state index in [9.17, 15) is 0 Å². The number of nitrogens with one attached hydrogen (secondary N) is 2. The van der Waals surface area contributed by atoms with E-state index in [2.05, 4.69) is 50.7 Å². The van der Waals surface area contributed by atoms with Crippen molar-refractivity contribution in [1.29, 1.82) is 0 Å². The highest BCUT2D eigenvalue weighted by Crippen LogP contribution is 2.29. The van der Waals surface area contributed by atoms with Crippen LogP contribution in [-0.4, -0.2) is 18.2 Å². The molecule has 1 saturated heterocycles. The van der Waals surface area contributed by atoms with Gasteiger partial charge in [-0.3, -0.25) is 5.43 Å². The largest absolute Gasteiger partial charge is 0.488 e. The van der Waals surface area contributed by atoms with E-state index < -0.39 is 0 Å². The third-order valence-electron chi connectivity index (χ3n) is 3.47. The molecule has 0 aliphatic carbocycles. The van der Waals surface area contributed by atoms with Gasteiger partial charge in [0, 0.05) is 12.0 Å². The molecule has 0 aromatic heterocycles. The fraction of sp³-hybridized carbons (Fsp3) is 0.600. The molecule has 1 aromatic rings. The molecular weight excluding hydrogens is 238 g/mol. The SMILES string of the molecule is CC1NNC(c2ccc(OC(C)(C)C)cc2)C1CN. The number of ether oxygens (including phenoxy) is 1. The minimum Gasteiger partial charge on any atom is -0.488 e. The van der Waals surface area contributed by atoms with Gasteiger partial charge in [0.25, 0.3) is 0 Å². The summed E-state index contributed by atoms with van der Waals surface area (Å²) >= 11 is 0. The van der Waals surface area contributed by atoms with Crippen molar-refractivity contribution in [2.24, 2.45) is 11.7 Å². The highest BCUT2D eigenvalue weighted by atomic mass is 16.5. The average Bonchev–Trinajstić information content (AvgIpc) is 2.69. The predicted molar refractivity (Wildman–Crippen MR) is 77.8 cm³/mol. The van der Waals surface area contributed by atoms with E-state index in [1.54, 1.807) is 0 Å². The molecule has 0 amide bonds. The van der Waals surface area contributed by atoms with Crippen LogP contribution in [0.5, 0.6) is 5.75 Å². The molecule has 106 valence electrons. The van der Waals surface area contributed by atoms with Gasteiger partial charge in [-0.25, -0.2) is 5.43 Å². The fourth-order valence-electron chi connectivity index (χ4n) is 2.49. The molecule has 0 radical (unpaired) electrons. The summed E-state index contributed by atoms with van der Waals surface area (Å²) in [7, 11) is 0. The molecule has 1 heterocycles. The van der Waals surface area contributed by atoms with Gasteiger partial charge in [0.1, 0.15) is 11.4 Å². The van der Waals surface area contributed by atoms with Gasteiger partial charge in [0.2, 0.25) is 0 Å². The molecule has 4 heteroatoms. The van der Waals surface area contributed by atoms with Gasteiger partial charge < -0.3 is 10.5 Å². The van der Waals surface area contributed by atoms with Crippen molar-refractivity contribution in [3.63, 3.8) is 0 Å². The van der Waals surface area contributed by atoms with Crippen LogP contribution < -0.4 is 21.3 Å². The number of nitrogens with two attached hydrogens (primary N) is 1. The monoisotopic (exact) mass is 263 g/mol. The summed E-state index contributed by atoms with van der Waals surface area (Å²) in [4.78, 5) is 0. The van der Waals surface area contributed by atoms with Crippen LogP contribution >= 0.6 is 0 Å². The number of hydrazine groups is 1. The maximum Gasteiger partial charge on any atom is 0.120 e. The second kappa shape index (κ2) is 5.49. The summed E-state index contributed by atoms with van der Waals surface area (Å²) in [5.74, 6) is 1.31. The maximum absolute atomic E-state index is 5.86. The van der Waals surface area contributed by atoms with Gasteiger partial charge in [-0.2, -0.15) is 0 Å². The lowest BCUT2D eigenvalue weighted by Crippen LogP contribution is -2.30. The fourth-order valence-corrected chi connectivity index (χ4v) is 2.49. The molecule has 3 unspecified atom stereocenters. The Morgan fingerprint density at radius 3 is 2.32 bits per heavy atom. The summed E-state index contributed by atoms with van der Waals surface area (Å²) in [5, 5.41) is 0. The topological polar surface area (TPSA) is 59.3 Å². The summed E-state index contributed by atoms with van der Waals surface area (Å²) in [6.45, 7) is 8.98. The molecular formula is C15H25N3O. The van der Waals surface area contributed by atoms with Crippen molar-refractivity contribution in [2.45, 2.75) is 45.4 Å². The van der Waals surface area contributed by atoms with E-state index in [1.807, 2.05) is 12.1 Å². The van der Waals surface area contributed by atoms with Crippen LogP contribution in [-0.2, 0) is 0 Å². The van der Waals surface area contributed by atoms with Crippen molar-refractivity contribution >= 4 is 0 Å². The third-order valence-corrected chi connectivity index (χ3v) is 3.47. The van der Waals surface area contributed by atoms with Gasteiger partial charge in [-0.05, 0) is 51.9 Å². The number of benzene rings is 1. The van der Waals surface area contributed by atoms with Gasteiger partial charge in [-0.15, -0.1) is 0 Å². The molecule has 1 aromatic carbocycles. The Kier molecular flexibility index (Phi) is 4.13. The summed E-state index contributed by atoms with van der Waals surface area (Å²) in [6.07, 6.45) is 0. The van der Waals surface area contributed by atoms with Gasteiger partial charge in [0.05, 0.1) is 6.04 Å². The van der Waals surface area contributed by atoms with Crippen LogP contribution in [0, 0.1) is 5.92 Å². The van der Waals surface area contributed by atoms with Crippen molar-refractivity contribution in [2.75, 3.05) is 6.54 Å². The van der Waals surface area contributed by atoms with Crippen molar-refractivity contribution < 1.29 is 4.74 Å². The number of hydrogen-bond acceptors (Lipinski definition) is 4. The van der Waals surface area contributed by atoms with E-state index >= 15 is 0 Å². The van der Waals surface area contributed by atoms with Crippen molar-refractivity contribution in [3.8, 4) is 5.75 Å². The van der Waals surface area contributed by atoms with E-state index in [-0.39, 0.29) is 11.6 Å². The minimum atomic E-state index is -0.164. The van der Waals surface area contributed by atoms with Gasteiger partial charge in [-0.1, -0.05) is 12.1 Å². The zero-order valence-electron chi connectivity index (χ0n) is 12.2. The van der Waals surface area contributed by atoms with Crippen molar-refractivity contribution in [3.05, 3.63) is 29.8 Å². The molecule has 3 atom stereocenters. The Morgan fingerprint density at radius 1 is 1.16 bits per heavy atom. The molecule has 4 nitrogen and oxygen atoms in total.